The number of hydrogen-bond donors (Lipinski definition) is 2. The Labute approximate surface area is 169 Å². The highest BCUT2D eigenvalue weighted by Crippen LogP contribution is 2.20. The van der Waals surface area contributed by atoms with E-state index < -0.39 is 0 Å². The smallest absolute Gasteiger partial charge is 0.243 e. The van der Waals surface area contributed by atoms with Crippen molar-refractivity contribution in [3.63, 3.8) is 0 Å². The number of anilines is 2. The molecule has 2 N–H and O–H groups in total. The molecule has 6 nitrogen and oxygen atoms in total. The van der Waals surface area contributed by atoms with Gasteiger partial charge in [-0.2, -0.15) is 0 Å². The molecule has 0 bridgehead atoms. The van der Waals surface area contributed by atoms with Crippen LogP contribution in [0.3, 0.4) is 0 Å². The maximum absolute atomic E-state index is 12.3. The zero-order valence-electron chi connectivity index (χ0n) is 16.2. The molecule has 0 atom stereocenters. The fraction of sp³-hybridized carbons (Fsp3) is 0.261. The van der Waals surface area contributed by atoms with Crippen molar-refractivity contribution in [3.8, 4) is 0 Å². The van der Waals surface area contributed by atoms with E-state index in [0.717, 1.165) is 35.2 Å². The quantitative estimate of drug-likeness (QED) is 0.680. The third kappa shape index (κ3) is 4.71. The Morgan fingerprint density at radius 3 is 2.52 bits per heavy atom. The lowest BCUT2D eigenvalue weighted by Crippen LogP contribution is -2.33. The summed E-state index contributed by atoms with van der Waals surface area (Å²) in [6.07, 6.45) is 4.28. The van der Waals surface area contributed by atoms with Crippen molar-refractivity contribution in [1.29, 1.82) is 0 Å². The van der Waals surface area contributed by atoms with Crippen LogP contribution >= 0.6 is 0 Å². The van der Waals surface area contributed by atoms with Gasteiger partial charge in [0, 0.05) is 13.1 Å². The molecule has 1 aromatic heterocycles. The number of benzene rings is 2. The second kappa shape index (κ2) is 8.73. The summed E-state index contributed by atoms with van der Waals surface area (Å²) in [4.78, 5) is 31.1. The molecule has 6 heteroatoms. The van der Waals surface area contributed by atoms with E-state index in [9.17, 15) is 9.59 Å². The van der Waals surface area contributed by atoms with Crippen molar-refractivity contribution >= 4 is 34.1 Å². The number of pyridine rings is 1. The number of carbonyl (C=O) groups is 2. The van der Waals surface area contributed by atoms with E-state index in [0.29, 0.717) is 5.69 Å². The van der Waals surface area contributed by atoms with Crippen molar-refractivity contribution in [2.45, 2.75) is 19.3 Å². The zero-order chi connectivity index (χ0) is 20.1. The maximum Gasteiger partial charge on any atom is 0.243 e. The summed E-state index contributed by atoms with van der Waals surface area (Å²) in [5.41, 5.74) is 1.57. The first-order chi connectivity index (χ1) is 14.2. The lowest BCUT2D eigenvalue weighted by atomic mass is 10.0. The number of nitrogens with one attached hydrogen (secondary N) is 2. The molecule has 1 aliphatic heterocycles. The number of nitrogens with zero attached hydrogens (tertiary/aromatic N) is 2. The van der Waals surface area contributed by atoms with Crippen LogP contribution in [-0.2, 0) is 16.0 Å². The van der Waals surface area contributed by atoms with E-state index in [1.54, 1.807) is 6.20 Å². The van der Waals surface area contributed by atoms with Crippen LogP contribution in [0, 0.1) is 0 Å². The summed E-state index contributed by atoms with van der Waals surface area (Å²) in [5.74, 6) is 0.481. The van der Waals surface area contributed by atoms with Gasteiger partial charge in [0.05, 0.1) is 24.8 Å². The Morgan fingerprint density at radius 2 is 1.72 bits per heavy atom. The van der Waals surface area contributed by atoms with Crippen molar-refractivity contribution in [2.75, 3.05) is 29.9 Å². The lowest BCUT2D eigenvalue weighted by molar-refractivity contribution is -0.123. The third-order valence-electron chi connectivity index (χ3n) is 5.14. The summed E-state index contributed by atoms with van der Waals surface area (Å²) in [7, 11) is 0. The number of hydrogen-bond acceptors (Lipinski definition) is 4. The predicted octanol–water partition coefficient (Wildman–Crippen LogP) is 3.13. The largest absolute Gasteiger partial charge is 0.357 e. The van der Waals surface area contributed by atoms with Gasteiger partial charge in [0.15, 0.2) is 0 Å². The average Bonchev–Trinajstić information content (AvgIpc) is 3.28. The van der Waals surface area contributed by atoms with Gasteiger partial charge in [-0.05, 0) is 41.3 Å². The molecule has 0 saturated carbocycles. The van der Waals surface area contributed by atoms with E-state index in [4.69, 9.17) is 0 Å². The number of aromatic nitrogens is 1. The van der Waals surface area contributed by atoms with Gasteiger partial charge < -0.3 is 15.5 Å². The van der Waals surface area contributed by atoms with Crippen LogP contribution < -0.4 is 15.5 Å². The Hall–Kier alpha value is -3.41. The van der Waals surface area contributed by atoms with Gasteiger partial charge in [0.2, 0.25) is 11.8 Å². The molecule has 1 saturated heterocycles. The van der Waals surface area contributed by atoms with Gasteiger partial charge in [-0.25, -0.2) is 4.98 Å². The first-order valence-electron chi connectivity index (χ1n) is 9.93. The number of amides is 2. The molecular formula is C23H24N4O2. The molecule has 29 heavy (non-hydrogen) atoms. The molecule has 0 unspecified atom stereocenters. The molecule has 4 rings (SSSR count). The fourth-order valence-corrected chi connectivity index (χ4v) is 3.66. The van der Waals surface area contributed by atoms with Gasteiger partial charge in [-0.3, -0.25) is 9.59 Å². The van der Waals surface area contributed by atoms with Gasteiger partial charge in [0.25, 0.3) is 0 Å². The van der Waals surface area contributed by atoms with Gasteiger partial charge in [-0.1, -0.05) is 42.5 Å². The molecule has 2 aromatic carbocycles. The van der Waals surface area contributed by atoms with Crippen molar-refractivity contribution in [2.24, 2.45) is 0 Å². The number of fused-ring (bicyclic) bond motifs is 1. The van der Waals surface area contributed by atoms with Crippen LogP contribution in [-0.4, -0.2) is 36.4 Å². The minimum atomic E-state index is -0.271. The van der Waals surface area contributed by atoms with Crippen LogP contribution in [0.25, 0.3) is 10.8 Å². The first kappa shape index (κ1) is 18.9. The summed E-state index contributed by atoms with van der Waals surface area (Å²) in [6.45, 7) is 1.99. The number of rotatable bonds is 6. The monoisotopic (exact) mass is 388 g/mol. The molecule has 1 aliphatic rings. The van der Waals surface area contributed by atoms with Crippen LogP contribution in [0.4, 0.5) is 11.5 Å². The van der Waals surface area contributed by atoms with Gasteiger partial charge >= 0.3 is 0 Å². The molecule has 0 radical (unpaired) electrons. The molecular weight excluding hydrogens is 364 g/mol. The van der Waals surface area contributed by atoms with E-state index in [-0.39, 0.29) is 24.8 Å². The Kier molecular flexibility index (Phi) is 5.70. The minimum absolute atomic E-state index is 0.0719. The second-order valence-electron chi connectivity index (χ2n) is 7.24. The van der Waals surface area contributed by atoms with Crippen LogP contribution in [0.1, 0.15) is 18.4 Å². The molecule has 0 aliphatic carbocycles. The molecule has 148 valence electrons. The molecule has 2 heterocycles. The summed E-state index contributed by atoms with van der Waals surface area (Å²) in [5, 5.41) is 7.62. The Balaban J connectivity index is 1.28. The van der Waals surface area contributed by atoms with Crippen LogP contribution in [0.5, 0.6) is 0 Å². The van der Waals surface area contributed by atoms with E-state index in [1.165, 1.54) is 12.8 Å². The van der Waals surface area contributed by atoms with Crippen LogP contribution in [0.15, 0.2) is 60.8 Å². The SMILES string of the molecule is O=C(Cc1cccc2ccccc12)NCC(=O)Nc1ccc(N2CCCC2)nc1. The summed E-state index contributed by atoms with van der Waals surface area (Å²) in [6, 6.07) is 17.6. The highest BCUT2D eigenvalue weighted by Gasteiger charge is 2.13. The summed E-state index contributed by atoms with van der Waals surface area (Å²) < 4.78 is 0. The van der Waals surface area contributed by atoms with Crippen molar-refractivity contribution in [3.05, 3.63) is 66.4 Å². The standard InChI is InChI=1S/C23H24N4O2/c28-22(14-18-8-5-7-17-6-1-2-9-20(17)18)25-16-23(29)26-19-10-11-21(24-15-19)27-12-3-4-13-27/h1-2,5-11,15H,3-4,12-14,16H2,(H,25,28)(H,26,29). The zero-order valence-corrected chi connectivity index (χ0v) is 16.2. The van der Waals surface area contributed by atoms with Crippen LogP contribution in [0.2, 0.25) is 0 Å². The second-order valence-corrected chi connectivity index (χ2v) is 7.24. The predicted molar refractivity (Wildman–Crippen MR) is 115 cm³/mol. The molecule has 0 spiro atoms. The molecule has 1 fully saturated rings. The maximum atomic E-state index is 12.3. The van der Waals surface area contributed by atoms with Gasteiger partial charge in [0.1, 0.15) is 5.82 Å². The third-order valence-corrected chi connectivity index (χ3v) is 5.14. The van der Waals surface area contributed by atoms with E-state index in [1.807, 2.05) is 54.6 Å². The Morgan fingerprint density at radius 1 is 0.931 bits per heavy atom. The fourth-order valence-electron chi connectivity index (χ4n) is 3.66. The minimum Gasteiger partial charge on any atom is -0.357 e. The first-order valence-corrected chi connectivity index (χ1v) is 9.93. The topological polar surface area (TPSA) is 74.3 Å². The highest BCUT2D eigenvalue weighted by molar-refractivity contribution is 5.95. The Bertz CT molecular complexity index is 1010. The number of carbonyl (C=O) groups excluding carboxylic acids is 2. The van der Waals surface area contributed by atoms with E-state index in [2.05, 4.69) is 20.5 Å². The summed E-state index contributed by atoms with van der Waals surface area (Å²) >= 11 is 0. The van der Waals surface area contributed by atoms with E-state index >= 15 is 0 Å². The normalized spacial score (nSPS) is 13.4. The van der Waals surface area contributed by atoms with Crippen molar-refractivity contribution in [1.82, 2.24) is 10.3 Å². The molecule has 3 aromatic rings. The highest BCUT2D eigenvalue weighted by atomic mass is 16.2. The lowest BCUT2D eigenvalue weighted by Gasteiger charge is -2.16. The average molecular weight is 388 g/mol. The molecule has 2 amide bonds. The van der Waals surface area contributed by atoms with Gasteiger partial charge in [-0.15, -0.1) is 0 Å². The van der Waals surface area contributed by atoms with Crippen molar-refractivity contribution < 1.29 is 9.59 Å².